The van der Waals surface area contributed by atoms with Crippen LogP contribution < -0.4 is 16.2 Å². The highest BCUT2D eigenvalue weighted by molar-refractivity contribution is 6.32. The second kappa shape index (κ2) is 17.7. The summed E-state index contributed by atoms with van der Waals surface area (Å²) < 4.78 is 14.6. The highest BCUT2D eigenvalue weighted by atomic mass is 35.5. The number of esters is 2. The van der Waals surface area contributed by atoms with Gasteiger partial charge >= 0.3 is 18.0 Å². The molecule has 0 spiro atoms. The molecule has 0 saturated carbocycles. The van der Waals surface area contributed by atoms with Crippen molar-refractivity contribution in [1.82, 2.24) is 25.7 Å². The van der Waals surface area contributed by atoms with Crippen LogP contribution >= 0.6 is 11.6 Å². The van der Waals surface area contributed by atoms with Crippen molar-refractivity contribution in [3.63, 3.8) is 0 Å². The summed E-state index contributed by atoms with van der Waals surface area (Å²) in [5, 5.41) is 3.09. The quantitative estimate of drug-likeness (QED) is 0.0734. The van der Waals surface area contributed by atoms with Gasteiger partial charge in [-0.2, -0.15) is 0 Å². The van der Waals surface area contributed by atoms with Crippen LogP contribution in [0.3, 0.4) is 0 Å². The summed E-state index contributed by atoms with van der Waals surface area (Å²) in [6.45, 7) is 5.48. The Morgan fingerprint density at radius 1 is 0.929 bits per heavy atom. The molecule has 16 heteroatoms. The van der Waals surface area contributed by atoms with Gasteiger partial charge in [0, 0.05) is 46.4 Å². The number of rotatable bonds is 7. The van der Waals surface area contributed by atoms with Crippen LogP contribution in [0.2, 0.25) is 5.02 Å². The average molecular weight is 783 g/mol. The number of benzene rings is 2. The van der Waals surface area contributed by atoms with Crippen LogP contribution in [-0.4, -0.2) is 83.0 Å². The minimum absolute atomic E-state index is 0.0767. The summed E-state index contributed by atoms with van der Waals surface area (Å²) in [6, 6.07) is 14.1. The minimum Gasteiger partial charge on any atom is -0.469 e. The molecular weight excluding hydrogens is 744 g/mol. The monoisotopic (exact) mass is 782 g/mol. The molecule has 3 N–H and O–H groups in total. The van der Waals surface area contributed by atoms with E-state index in [1.165, 1.54) is 43.5 Å². The molecule has 290 valence electrons. The minimum atomic E-state index is -0.869. The third-order valence-electron chi connectivity index (χ3n) is 8.39. The number of anilines is 1. The molecular formula is C40H39ClN6O9. The maximum atomic E-state index is 13.4. The summed E-state index contributed by atoms with van der Waals surface area (Å²) in [7, 11) is 2.47. The molecule has 4 aromatic rings. The van der Waals surface area contributed by atoms with Crippen molar-refractivity contribution < 1.29 is 43.0 Å². The summed E-state index contributed by atoms with van der Waals surface area (Å²) in [6.07, 6.45) is 2.08. The van der Waals surface area contributed by atoms with E-state index in [0.29, 0.717) is 46.3 Å². The first-order valence-corrected chi connectivity index (χ1v) is 17.8. The third-order valence-corrected chi connectivity index (χ3v) is 8.70. The van der Waals surface area contributed by atoms with Crippen molar-refractivity contribution in [2.45, 2.75) is 58.1 Å². The first-order chi connectivity index (χ1) is 26.6. The van der Waals surface area contributed by atoms with Crippen LogP contribution in [0.1, 0.15) is 78.3 Å². The van der Waals surface area contributed by atoms with Crippen molar-refractivity contribution >= 4 is 64.1 Å². The summed E-state index contributed by atoms with van der Waals surface area (Å²) >= 11 is 6.55. The average Bonchev–Trinajstić information content (AvgIpc) is 3.17. The van der Waals surface area contributed by atoms with E-state index in [-0.39, 0.29) is 27.8 Å². The first-order valence-electron chi connectivity index (χ1n) is 17.4. The van der Waals surface area contributed by atoms with Crippen LogP contribution in [0.4, 0.5) is 10.6 Å². The van der Waals surface area contributed by atoms with Crippen molar-refractivity contribution in [2.75, 3.05) is 26.1 Å². The lowest BCUT2D eigenvalue weighted by Crippen LogP contribution is -2.48. The summed E-state index contributed by atoms with van der Waals surface area (Å²) in [5.74, 6) is 3.32. The predicted octanol–water partition coefficient (Wildman–Crippen LogP) is 5.19. The number of pyridine rings is 2. The molecule has 5 rings (SSSR count). The molecule has 0 aliphatic carbocycles. The number of piperidine rings is 1. The first kappa shape index (κ1) is 40.7. The predicted molar refractivity (Wildman–Crippen MR) is 205 cm³/mol. The van der Waals surface area contributed by atoms with E-state index in [1.54, 1.807) is 57.2 Å². The number of halogens is 1. The Hall–Kier alpha value is -6.53. The van der Waals surface area contributed by atoms with Crippen LogP contribution in [0, 0.1) is 11.8 Å². The van der Waals surface area contributed by atoms with Gasteiger partial charge in [0.15, 0.2) is 0 Å². The third kappa shape index (κ3) is 10.4. The molecule has 2 aromatic carbocycles. The molecule has 0 unspecified atom stereocenters. The zero-order valence-corrected chi connectivity index (χ0v) is 32.0. The number of aromatic nitrogens is 2. The van der Waals surface area contributed by atoms with Crippen molar-refractivity contribution in [2.24, 2.45) is 0 Å². The number of nitrogens with zero attached hydrogens (tertiary/aromatic N) is 3. The number of likely N-dealkylation sites (tertiary alicyclic amines) is 1. The second-order valence-corrected chi connectivity index (χ2v) is 14.0. The number of hydrogen-bond donors (Lipinski definition) is 3. The van der Waals surface area contributed by atoms with Crippen molar-refractivity contribution in [1.29, 1.82) is 0 Å². The van der Waals surface area contributed by atoms with Gasteiger partial charge in [-0.1, -0.05) is 35.6 Å². The summed E-state index contributed by atoms with van der Waals surface area (Å²) in [5.41, 5.74) is 6.56. The van der Waals surface area contributed by atoms with E-state index in [0.717, 1.165) is 12.8 Å². The molecule has 3 heterocycles. The van der Waals surface area contributed by atoms with Crippen molar-refractivity contribution in [3.05, 3.63) is 88.1 Å². The topological polar surface area (TPSA) is 195 Å². The standard InChI is InChI=1S/C40H39ClN6O9/c1-40(2,3)56-39(53)46-45-36(50)27-19-30(43-31-20-33(42-22-28(27)31)44-34(48)21-35(49)54-4)25-13-10-23(11-14-25)9-12-24-15-16-26(18-29(24)41)37(51)47-17-7-6-8-32(47)38(52)55-5/h10-11,13-16,18-20,22,32H,6-8,17,21H2,1-5H3,(H,45,50)(H,46,53)(H,42,44,48)/t32-/m0/s1. The lowest BCUT2D eigenvalue weighted by atomic mass is 10.0. The van der Waals surface area contributed by atoms with E-state index in [9.17, 15) is 28.8 Å². The number of methoxy groups -OCH3 is 2. The van der Waals surface area contributed by atoms with E-state index < -0.39 is 47.9 Å². The highest BCUT2D eigenvalue weighted by Crippen LogP contribution is 2.27. The summed E-state index contributed by atoms with van der Waals surface area (Å²) in [4.78, 5) is 85.5. The zero-order valence-electron chi connectivity index (χ0n) is 31.3. The van der Waals surface area contributed by atoms with Gasteiger partial charge < -0.3 is 24.4 Å². The fourth-order valence-corrected chi connectivity index (χ4v) is 5.96. The number of carbonyl (C=O) groups is 6. The number of nitrogens with one attached hydrogen (secondary N) is 3. The van der Waals surface area contributed by atoms with Crippen LogP contribution in [0.5, 0.6) is 0 Å². The number of fused-ring (bicyclic) bond motifs is 1. The smallest absolute Gasteiger partial charge is 0.426 e. The van der Waals surface area contributed by atoms with Crippen LogP contribution in [0.25, 0.3) is 22.2 Å². The molecule has 0 radical (unpaired) electrons. The lowest BCUT2D eigenvalue weighted by molar-refractivity contribution is -0.147. The van der Waals surface area contributed by atoms with Gasteiger partial charge in [-0.25, -0.2) is 25.0 Å². The molecule has 15 nitrogen and oxygen atoms in total. The Labute approximate surface area is 327 Å². The SMILES string of the molecule is COC(=O)CC(=O)Nc1cc2nc(-c3ccc(C#Cc4ccc(C(=O)N5CCCC[C@H]5C(=O)OC)cc4Cl)cc3)cc(C(=O)NNC(=O)OC(C)(C)C)c2cn1. The molecule has 1 aliphatic heterocycles. The van der Waals surface area contributed by atoms with E-state index in [1.807, 2.05) is 0 Å². The van der Waals surface area contributed by atoms with Gasteiger partial charge in [-0.15, -0.1) is 0 Å². The van der Waals surface area contributed by atoms with E-state index in [4.69, 9.17) is 26.1 Å². The largest absolute Gasteiger partial charge is 0.469 e. The van der Waals surface area contributed by atoms with Crippen LogP contribution in [-0.2, 0) is 28.6 Å². The van der Waals surface area contributed by atoms with Crippen LogP contribution in [0.15, 0.2) is 60.8 Å². The van der Waals surface area contributed by atoms with Gasteiger partial charge in [0.25, 0.3) is 11.8 Å². The second-order valence-electron chi connectivity index (χ2n) is 13.6. The number of carbonyl (C=O) groups excluding carboxylic acids is 6. The molecule has 56 heavy (non-hydrogen) atoms. The van der Waals surface area contributed by atoms with Gasteiger partial charge in [0.05, 0.1) is 36.0 Å². The fourth-order valence-electron chi connectivity index (χ4n) is 5.73. The Bertz CT molecular complexity index is 2260. The van der Waals surface area contributed by atoms with Gasteiger partial charge in [0.1, 0.15) is 23.9 Å². The van der Waals surface area contributed by atoms with Gasteiger partial charge in [0.2, 0.25) is 5.91 Å². The number of hydrogen-bond acceptors (Lipinski definition) is 11. The molecule has 1 aliphatic rings. The maximum Gasteiger partial charge on any atom is 0.426 e. The van der Waals surface area contributed by atoms with Crippen molar-refractivity contribution in [3.8, 4) is 23.1 Å². The lowest BCUT2D eigenvalue weighted by Gasteiger charge is -2.33. The molecule has 4 amide bonds. The molecule has 1 atom stereocenters. The number of ether oxygens (including phenoxy) is 3. The van der Waals surface area contributed by atoms with E-state index in [2.05, 4.69) is 37.7 Å². The Balaban J connectivity index is 1.39. The molecule has 1 fully saturated rings. The Morgan fingerprint density at radius 2 is 1.68 bits per heavy atom. The highest BCUT2D eigenvalue weighted by Gasteiger charge is 2.33. The molecule has 0 bridgehead atoms. The fraction of sp³-hybridized carbons (Fsp3) is 0.300. The van der Waals surface area contributed by atoms with Gasteiger partial charge in [-0.3, -0.25) is 24.6 Å². The molecule has 1 saturated heterocycles. The Kier molecular flexibility index (Phi) is 12.9. The normalized spacial score (nSPS) is 13.8. The number of hydrazine groups is 1. The molecule has 2 aromatic heterocycles. The Morgan fingerprint density at radius 3 is 2.36 bits per heavy atom. The maximum absolute atomic E-state index is 13.4. The number of amides is 4. The van der Waals surface area contributed by atoms with E-state index >= 15 is 0 Å². The van der Waals surface area contributed by atoms with Gasteiger partial charge in [-0.05, 0) is 76.4 Å². The zero-order chi connectivity index (χ0) is 40.6.